The van der Waals surface area contributed by atoms with E-state index in [1.54, 1.807) is 0 Å². The van der Waals surface area contributed by atoms with Crippen LogP contribution in [0.2, 0.25) is 0 Å². The van der Waals surface area contributed by atoms with Gasteiger partial charge < -0.3 is 10.1 Å². The third-order valence-electron chi connectivity index (χ3n) is 3.80. The molecular formula is C17H27NO. The topological polar surface area (TPSA) is 21.3 Å². The number of hydrogen-bond acceptors (Lipinski definition) is 2. The first-order chi connectivity index (χ1) is 8.97. The lowest BCUT2D eigenvalue weighted by Crippen LogP contribution is -2.38. The number of piperidine rings is 1. The lowest BCUT2D eigenvalue weighted by molar-refractivity contribution is 0.235. The van der Waals surface area contributed by atoms with E-state index >= 15 is 0 Å². The van der Waals surface area contributed by atoms with E-state index in [9.17, 15) is 0 Å². The minimum atomic E-state index is 0.126. The summed E-state index contributed by atoms with van der Waals surface area (Å²) in [6.45, 7) is 10.8. The second kappa shape index (κ2) is 5.96. The molecule has 106 valence electrons. The fourth-order valence-electron chi connectivity index (χ4n) is 2.61. The first-order valence-corrected chi connectivity index (χ1v) is 7.44. The van der Waals surface area contributed by atoms with Crippen molar-refractivity contribution in [1.82, 2.24) is 5.32 Å². The third-order valence-corrected chi connectivity index (χ3v) is 3.80. The van der Waals surface area contributed by atoms with Gasteiger partial charge in [0, 0.05) is 6.04 Å². The highest BCUT2D eigenvalue weighted by Gasteiger charge is 2.20. The van der Waals surface area contributed by atoms with Crippen LogP contribution in [-0.4, -0.2) is 19.2 Å². The van der Waals surface area contributed by atoms with Crippen LogP contribution in [0.3, 0.4) is 0 Å². The Labute approximate surface area is 117 Å². The van der Waals surface area contributed by atoms with Crippen LogP contribution in [0.15, 0.2) is 18.2 Å². The first kappa shape index (κ1) is 14.4. The number of hydrogen-bond donors (Lipinski definition) is 1. The van der Waals surface area contributed by atoms with E-state index in [0.717, 1.165) is 18.9 Å². The van der Waals surface area contributed by atoms with Gasteiger partial charge in [0.1, 0.15) is 12.4 Å². The highest BCUT2D eigenvalue weighted by Crippen LogP contribution is 2.32. The van der Waals surface area contributed by atoms with E-state index in [2.05, 4.69) is 51.2 Å². The summed E-state index contributed by atoms with van der Waals surface area (Å²) in [5, 5.41) is 3.53. The van der Waals surface area contributed by atoms with Gasteiger partial charge in [0.05, 0.1) is 0 Å². The summed E-state index contributed by atoms with van der Waals surface area (Å²) < 4.78 is 6.10. The molecule has 0 bridgehead atoms. The molecule has 0 aliphatic carbocycles. The summed E-state index contributed by atoms with van der Waals surface area (Å²) in [6.07, 6.45) is 3.85. The fraction of sp³-hybridized carbons (Fsp3) is 0.647. The van der Waals surface area contributed by atoms with Gasteiger partial charge in [0.2, 0.25) is 0 Å². The fourth-order valence-corrected chi connectivity index (χ4v) is 2.61. The molecule has 1 heterocycles. The number of rotatable bonds is 3. The van der Waals surface area contributed by atoms with E-state index in [-0.39, 0.29) is 5.41 Å². The smallest absolute Gasteiger partial charge is 0.123 e. The first-order valence-electron chi connectivity index (χ1n) is 7.44. The molecule has 1 atom stereocenters. The average Bonchev–Trinajstić information content (AvgIpc) is 2.37. The summed E-state index contributed by atoms with van der Waals surface area (Å²) in [4.78, 5) is 0. The number of aryl methyl sites for hydroxylation is 1. The zero-order valence-corrected chi connectivity index (χ0v) is 12.8. The third kappa shape index (κ3) is 3.97. The van der Waals surface area contributed by atoms with E-state index < -0.39 is 0 Å². The van der Waals surface area contributed by atoms with E-state index in [1.165, 1.54) is 30.4 Å². The summed E-state index contributed by atoms with van der Waals surface area (Å²) in [7, 11) is 0. The molecule has 19 heavy (non-hydrogen) atoms. The van der Waals surface area contributed by atoms with Crippen LogP contribution in [0.5, 0.6) is 5.75 Å². The highest BCUT2D eigenvalue weighted by molar-refractivity contribution is 5.41. The van der Waals surface area contributed by atoms with Crippen LogP contribution in [0, 0.1) is 6.92 Å². The van der Waals surface area contributed by atoms with Crippen LogP contribution >= 0.6 is 0 Å². The van der Waals surface area contributed by atoms with Crippen molar-refractivity contribution in [2.45, 2.75) is 58.4 Å². The Hall–Kier alpha value is -1.02. The monoisotopic (exact) mass is 261 g/mol. The van der Waals surface area contributed by atoms with Crippen LogP contribution in [0.25, 0.3) is 0 Å². The number of nitrogens with one attached hydrogen (secondary N) is 1. The average molecular weight is 261 g/mol. The van der Waals surface area contributed by atoms with Crippen molar-refractivity contribution in [3.05, 3.63) is 29.3 Å². The molecule has 0 aromatic heterocycles. The predicted molar refractivity (Wildman–Crippen MR) is 81.0 cm³/mol. The lowest BCUT2D eigenvalue weighted by atomic mass is 9.85. The molecule has 2 rings (SSSR count). The van der Waals surface area contributed by atoms with Crippen LogP contribution in [0.1, 0.15) is 51.2 Å². The molecule has 1 aliphatic rings. The Morgan fingerprint density at radius 2 is 2.05 bits per heavy atom. The largest absolute Gasteiger partial charge is 0.492 e. The van der Waals surface area contributed by atoms with E-state index in [4.69, 9.17) is 4.74 Å². The van der Waals surface area contributed by atoms with E-state index in [0.29, 0.717) is 6.04 Å². The zero-order valence-electron chi connectivity index (χ0n) is 12.8. The van der Waals surface area contributed by atoms with Crippen molar-refractivity contribution in [3.63, 3.8) is 0 Å². The van der Waals surface area contributed by atoms with Gasteiger partial charge in [-0.15, -0.1) is 0 Å². The molecule has 1 unspecified atom stereocenters. The molecule has 2 nitrogen and oxygen atoms in total. The van der Waals surface area contributed by atoms with Gasteiger partial charge in [-0.3, -0.25) is 0 Å². The van der Waals surface area contributed by atoms with Gasteiger partial charge in [0.25, 0.3) is 0 Å². The van der Waals surface area contributed by atoms with Crippen molar-refractivity contribution in [1.29, 1.82) is 0 Å². The van der Waals surface area contributed by atoms with E-state index in [1.807, 2.05) is 0 Å². The summed E-state index contributed by atoms with van der Waals surface area (Å²) >= 11 is 0. The predicted octanol–water partition coefficient (Wildman–Crippen LogP) is 3.81. The maximum absolute atomic E-state index is 6.10. The van der Waals surface area contributed by atoms with Crippen molar-refractivity contribution in [2.75, 3.05) is 13.2 Å². The van der Waals surface area contributed by atoms with Crippen LogP contribution < -0.4 is 10.1 Å². The number of ether oxygens (including phenoxy) is 1. The van der Waals surface area contributed by atoms with Crippen LogP contribution in [-0.2, 0) is 5.41 Å². The second-order valence-electron chi connectivity index (χ2n) is 6.71. The van der Waals surface area contributed by atoms with Crippen LogP contribution in [0.4, 0.5) is 0 Å². The zero-order chi connectivity index (χ0) is 13.9. The quantitative estimate of drug-likeness (QED) is 0.893. The molecule has 1 aliphatic heterocycles. The standard InChI is InChI=1S/C17H27NO/c1-13-8-9-16(15(11-13)17(2,3)4)19-12-14-7-5-6-10-18-14/h8-9,11,14,18H,5-7,10,12H2,1-4H3. The lowest BCUT2D eigenvalue weighted by Gasteiger charge is -2.27. The molecule has 0 spiro atoms. The molecule has 1 saturated heterocycles. The summed E-state index contributed by atoms with van der Waals surface area (Å²) in [5.74, 6) is 1.05. The Morgan fingerprint density at radius 3 is 2.68 bits per heavy atom. The van der Waals surface area contributed by atoms with Gasteiger partial charge in [-0.2, -0.15) is 0 Å². The van der Waals surface area contributed by atoms with Gasteiger partial charge in [-0.25, -0.2) is 0 Å². The molecule has 0 saturated carbocycles. The molecule has 0 amide bonds. The second-order valence-corrected chi connectivity index (χ2v) is 6.71. The normalized spacial score (nSPS) is 20.3. The van der Waals surface area contributed by atoms with Gasteiger partial charge in [-0.05, 0) is 43.4 Å². The molecular weight excluding hydrogens is 234 g/mol. The maximum atomic E-state index is 6.10. The van der Waals surface area contributed by atoms with Crippen molar-refractivity contribution in [3.8, 4) is 5.75 Å². The molecule has 1 aromatic carbocycles. The molecule has 1 fully saturated rings. The Balaban J connectivity index is 2.06. The molecule has 0 radical (unpaired) electrons. The van der Waals surface area contributed by atoms with Crippen molar-refractivity contribution >= 4 is 0 Å². The highest BCUT2D eigenvalue weighted by atomic mass is 16.5. The Kier molecular flexibility index (Phi) is 4.51. The van der Waals surface area contributed by atoms with Crippen molar-refractivity contribution < 1.29 is 4.74 Å². The minimum absolute atomic E-state index is 0.126. The minimum Gasteiger partial charge on any atom is -0.492 e. The maximum Gasteiger partial charge on any atom is 0.123 e. The summed E-state index contributed by atoms with van der Waals surface area (Å²) in [5.41, 5.74) is 2.73. The van der Waals surface area contributed by atoms with Gasteiger partial charge in [0.15, 0.2) is 0 Å². The molecule has 1 aromatic rings. The molecule has 2 heteroatoms. The molecule has 1 N–H and O–H groups in total. The number of benzene rings is 1. The van der Waals surface area contributed by atoms with Crippen molar-refractivity contribution in [2.24, 2.45) is 0 Å². The summed E-state index contributed by atoms with van der Waals surface area (Å²) in [6, 6.07) is 7.03. The Morgan fingerprint density at radius 1 is 1.26 bits per heavy atom. The SMILES string of the molecule is Cc1ccc(OCC2CCCCN2)c(C(C)(C)C)c1. The van der Waals surface area contributed by atoms with Gasteiger partial charge in [-0.1, -0.05) is 44.9 Å². The van der Waals surface area contributed by atoms with Gasteiger partial charge >= 0.3 is 0 Å². The Bertz CT molecular complexity index is 414.